The van der Waals surface area contributed by atoms with Crippen molar-refractivity contribution >= 4 is 17.4 Å². The topological polar surface area (TPSA) is 80.5 Å². The van der Waals surface area contributed by atoms with E-state index in [0.717, 1.165) is 21.0 Å². The summed E-state index contributed by atoms with van der Waals surface area (Å²) < 4.78 is 0. The molecule has 0 aliphatic carbocycles. The standard InChI is InChI=1S/C13H11N5S/c14-10-3-7-12(8-4-10)19-11-5-1-9(2-6-11)13-15-17-18-16-13/h1-8H,14H2,(H,15,16,17,18). The van der Waals surface area contributed by atoms with E-state index in [0.29, 0.717) is 5.82 Å². The Balaban J connectivity index is 1.77. The number of aromatic nitrogens is 4. The molecule has 3 rings (SSSR count). The van der Waals surface area contributed by atoms with E-state index in [9.17, 15) is 0 Å². The Morgan fingerprint density at radius 1 is 0.895 bits per heavy atom. The summed E-state index contributed by atoms with van der Waals surface area (Å²) in [5.41, 5.74) is 7.38. The molecule has 3 aromatic rings. The van der Waals surface area contributed by atoms with Crippen LogP contribution in [0, 0.1) is 0 Å². The van der Waals surface area contributed by atoms with E-state index in [2.05, 4.69) is 20.6 Å². The monoisotopic (exact) mass is 269 g/mol. The molecule has 19 heavy (non-hydrogen) atoms. The van der Waals surface area contributed by atoms with Gasteiger partial charge in [0.05, 0.1) is 0 Å². The van der Waals surface area contributed by atoms with Crippen molar-refractivity contribution in [3.8, 4) is 11.4 Å². The zero-order valence-electron chi connectivity index (χ0n) is 9.95. The third-order valence-corrected chi connectivity index (χ3v) is 3.59. The normalized spacial score (nSPS) is 10.5. The number of nitrogens with two attached hydrogens (primary N) is 1. The Hall–Kier alpha value is -2.34. The Bertz CT molecular complexity index is 647. The van der Waals surface area contributed by atoms with E-state index >= 15 is 0 Å². The molecule has 0 atom stereocenters. The van der Waals surface area contributed by atoms with Crippen LogP contribution < -0.4 is 5.73 Å². The Morgan fingerprint density at radius 3 is 2.11 bits per heavy atom. The first-order valence-electron chi connectivity index (χ1n) is 5.68. The number of benzene rings is 2. The number of nitrogens with zero attached hydrogens (tertiary/aromatic N) is 3. The van der Waals surface area contributed by atoms with Crippen LogP contribution in [-0.4, -0.2) is 20.6 Å². The average Bonchev–Trinajstić information content (AvgIpc) is 2.96. The number of nitrogen functional groups attached to an aromatic ring is 1. The minimum absolute atomic E-state index is 0.601. The Kier molecular flexibility index (Phi) is 3.16. The van der Waals surface area contributed by atoms with E-state index in [1.807, 2.05) is 48.5 Å². The van der Waals surface area contributed by atoms with Gasteiger partial charge in [-0.05, 0) is 53.7 Å². The molecule has 0 spiro atoms. The van der Waals surface area contributed by atoms with E-state index in [1.165, 1.54) is 0 Å². The molecule has 0 amide bonds. The lowest BCUT2D eigenvalue weighted by Gasteiger charge is -2.02. The van der Waals surface area contributed by atoms with Crippen LogP contribution in [-0.2, 0) is 0 Å². The van der Waals surface area contributed by atoms with Gasteiger partial charge in [-0.1, -0.05) is 11.8 Å². The van der Waals surface area contributed by atoms with Gasteiger partial charge in [-0.3, -0.25) is 0 Å². The van der Waals surface area contributed by atoms with Crippen molar-refractivity contribution in [1.82, 2.24) is 20.6 Å². The summed E-state index contributed by atoms with van der Waals surface area (Å²) in [6.45, 7) is 0. The van der Waals surface area contributed by atoms with Gasteiger partial charge >= 0.3 is 0 Å². The molecule has 3 N–H and O–H groups in total. The van der Waals surface area contributed by atoms with Crippen molar-refractivity contribution in [2.75, 3.05) is 5.73 Å². The number of anilines is 1. The number of hydrogen-bond donors (Lipinski definition) is 2. The van der Waals surface area contributed by atoms with Crippen LogP contribution in [0.2, 0.25) is 0 Å². The van der Waals surface area contributed by atoms with Gasteiger partial charge in [-0.15, -0.1) is 10.2 Å². The molecular weight excluding hydrogens is 258 g/mol. The van der Waals surface area contributed by atoms with Gasteiger partial charge in [0, 0.05) is 21.0 Å². The largest absolute Gasteiger partial charge is 0.399 e. The first kappa shape index (κ1) is 11.7. The predicted molar refractivity (Wildman–Crippen MR) is 74.6 cm³/mol. The molecule has 0 fully saturated rings. The van der Waals surface area contributed by atoms with E-state index in [1.54, 1.807) is 11.8 Å². The molecule has 6 heteroatoms. The maximum atomic E-state index is 5.66. The quantitative estimate of drug-likeness (QED) is 0.714. The van der Waals surface area contributed by atoms with Crippen LogP contribution in [0.5, 0.6) is 0 Å². The van der Waals surface area contributed by atoms with Gasteiger partial charge < -0.3 is 5.73 Å². The summed E-state index contributed by atoms with van der Waals surface area (Å²) in [4.78, 5) is 2.30. The van der Waals surface area contributed by atoms with Crippen LogP contribution in [0.25, 0.3) is 11.4 Å². The number of rotatable bonds is 3. The molecule has 2 aromatic carbocycles. The van der Waals surface area contributed by atoms with Crippen molar-refractivity contribution in [3.05, 3.63) is 48.5 Å². The second-order valence-corrected chi connectivity index (χ2v) is 5.08. The minimum atomic E-state index is 0.601. The van der Waals surface area contributed by atoms with Crippen molar-refractivity contribution < 1.29 is 0 Å². The maximum Gasteiger partial charge on any atom is 0.204 e. The number of hydrogen-bond acceptors (Lipinski definition) is 5. The molecule has 0 radical (unpaired) electrons. The summed E-state index contributed by atoms with van der Waals surface area (Å²) in [7, 11) is 0. The SMILES string of the molecule is Nc1ccc(Sc2ccc(-c3nn[nH]n3)cc2)cc1. The highest BCUT2D eigenvalue weighted by Gasteiger charge is 2.03. The summed E-state index contributed by atoms with van der Waals surface area (Å²) >= 11 is 1.68. The van der Waals surface area contributed by atoms with Crippen LogP contribution in [0.3, 0.4) is 0 Å². The van der Waals surface area contributed by atoms with E-state index in [4.69, 9.17) is 5.73 Å². The lowest BCUT2D eigenvalue weighted by molar-refractivity contribution is 0.881. The number of H-pyrrole nitrogens is 1. The summed E-state index contributed by atoms with van der Waals surface area (Å²) in [5.74, 6) is 0.601. The van der Waals surface area contributed by atoms with Gasteiger partial charge in [0.25, 0.3) is 0 Å². The molecule has 0 bridgehead atoms. The smallest absolute Gasteiger partial charge is 0.204 e. The summed E-state index contributed by atoms with van der Waals surface area (Å²) in [6.07, 6.45) is 0. The molecule has 1 heterocycles. The zero-order chi connectivity index (χ0) is 13.1. The molecule has 0 aliphatic rings. The van der Waals surface area contributed by atoms with Crippen LogP contribution >= 0.6 is 11.8 Å². The molecular formula is C13H11N5S. The molecule has 1 aromatic heterocycles. The fraction of sp³-hybridized carbons (Fsp3) is 0. The second kappa shape index (κ2) is 5.11. The number of aromatic amines is 1. The zero-order valence-corrected chi connectivity index (χ0v) is 10.8. The minimum Gasteiger partial charge on any atom is -0.399 e. The third kappa shape index (κ3) is 2.74. The fourth-order valence-electron chi connectivity index (χ4n) is 1.63. The average molecular weight is 269 g/mol. The predicted octanol–water partition coefficient (Wildman–Crippen LogP) is 2.60. The van der Waals surface area contributed by atoms with Crippen LogP contribution in [0.15, 0.2) is 58.3 Å². The van der Waals surface area contributed by atoms with E-state index < -0.39 is 0 Å². The van der Waals surface area contributed by atoms with Crippen molar-refractivity contribution in [1.29, 1.82) is 0 Å². The highest BCUT2D eigenvalue weighted by Crippen LogP contribution is 2.29. The molecule has 0 unspecified atom stereocenters. The van der Waals surface area contributed by atoms with Crippen LogP contribution in [0.4, 0.5) is 5.69 Å². The lowest BCUT2D eigenvalue weighted by atomic mass is 10.2. The Morgan fingerprint density at radius 2 is 1.53 bits per heavy atom. The molecule has 5 nitrogen and oxygen atoms in total. The summed E-state index contributed by atoms with van der Waals surface area (Å²) in [6, 6.07) is 15.8. The first-order chi connectivity index (χ1) is 9.31. The van der Waals surface area contributed by atoms with Crippen molar-refractivity contribution in [2.45, 2.75) is 9.79 Å². The molecule has 0 saturated carbocycles. The molecule has 94 valence electrons. The Labute approximate surface area is 114 Å². The van der Waals surface area contributed by atoms with Crippen molar-refractivity contribution in [2.24, 2.45) is 0 Å². The summed E-state index contributed by atoms with van der Waals surface area (Å²) in [5, 5.41) is 13.9. The second-order valence-electron chi connectivity index (χ2n) is 3.93. The van der Waals surface area contributed by atoms with Gasteiger partial charge in [0.1, 0.15) is 0 Å². The maximum absolute atomic E-state index is 5.66. The van der Waals surface area contributed by atoms with Gasteiger partial charge in [0.2, 0.25) is 5.82 Å². The highest BCUT2D eigenvalue weighted by atomic mass is 32.2. The van der Waals surface area contributed by atoms with E-state index in [-0.39, 0.29) is 0 Å². The van der Waals surface area contributed by atoms with Gasteiger partial charge in [-0.25, -0.2) is 0 Å². The number of nitrogens with one attached hydrogen (secondary N) is 1. The van der Waals surface area contributed by atoms with Crippen LogP contribution in [0.1, 0.15) is 0 Å². The first-order valence-corrected chi connectivity index (χ1v) is 6.50. The molecule has 0 aliphatic heterocycles. The van der Waals surface area contributed by atoms with Crippen molar-refractivity contribution in [3.63, 3.8) is 0 Å². The third-order valence-electron chi connectivity index (χ3n) is 2.57. The molecule has 0 saturated heterocycles. The lowest BCUT2D eigenvalue weighted by Crippen LogP contribution is -1.83. The van der Waals surface area contributed by atoms with Gasteiger partial charge in [-0.2, -0.15) is 5.21 Å². The highest BCUT2D eigenvalue weighted by molar-refractivity contribution is 7.99. The number of tetrazole rings is 1. The van der Waals surface area contributed by atoms with Gasteiger partial charge in [0.15, 0.2) is 0 Å². The fourth-order valence-corrected chi connectivity index (χ4v) is 2.44.